The van der Waals surface area contributed by atoms with E-state index >= 15 is 0 Å². The zero-order valence-corrected chi connectivity index (χ0v) is 24.7. The van der Waals surface area contributed by atoms with Crippen LogP contribution in [0.25, 0.3) is 88.6 Å². The van der Waals surface area contributed by atoms with Crippen molar-refractivity contribution in [3.05, 3.63) is 152 Å². The Kier molecular flexibility index (Phi) is 5.22. The molecule has 0 aliphatic carbocycles. The maximum Gasteiger partial charge on any atom is 0.238 e. The van der Waals surface area contributed by atoms with Gasteiger partial charge in [-0.3, -0.25) is 4.57 Å². The van der Waals surface area contributed by atoms with Gasteiger partial charge in [0.25, 0.3) is 0 Å². The van der Waals surface area contributed by atoms with E-state index in [1.165, 1.54) is 32.6 Å². The van der Waals surface area contributed by atoms with Crippen LogP contribution in [-0.4, -0.2) is 23.9 Å². The van der Waals surface area contributed by atoms with Gasteiger partial charge in [0.2, 0.25) is 5.95 Å². The van der Waals surface area contributed by atoms with Crippen LogP contribution >= 0.6 is 0 Å². The fourth-order valence-corrected chi connectivity index (χ4v) is 7.14. The zero-order valence-electron chi connectivity index (χ0n) is 24.7. The fraction of sp³-hybridized carbons (Fsp3) is 0. The third-order valence-corrected chi connectivity index (χ3v) is 9.13. The molecule has 0 fully saturated rings. The highest BCUT2D eigenvalue weighted by Crippen LogP contribution is 2.41. The van der Waals surface area contributed by atoms with Gasteiger partial charge >= 0.3 is 0 Å². The molecule has 6 aromatic carbocycles. The second kappa shape index (κ2) is 9.58. The van der Waals surface area contributed by atoms with Crippen molar-refractivity contribution < 1.29 is 0 Å². The van der Waals surface area contributed by atoms with Crippen molar-refractivity contribution in [2.45, 2.75) is 0 Å². The van der Waals surface area contributed by atoms with Gasteiger partial charge in [-0.25, -0.2) is 4.98 Å². The van der Waals surface area contributed by atoms with Crippen LogP contribution in [0.1, 0.15) is 0 Å². The molecule has 214 valence electrons. The lowest BCUT2D eigenvalue weighted by molar-refractivity contribution is 0.955. The molecule has 0 unspecified atom stereocenters. The molecule has 0 radical (unpaired) electrons. The maximum atomic E-state index is 5.19. The summed E-state index contributed by atoms with van der Waals surface area (Å²) in [5.41, 5.74) is 7.55. The molecule has 0 saturated heterocycles. The lowest BCUT2D eigenvalue weighted by Crippen LogP contribution is -2.07. The van der Waals surface area contributed by atoms with E-state index in [2.05, 4.69) is 124 Å². The van der Waals surface area contributed by atoms with Crippen molar-refractivity contribution in [2.24, 2.45) is 0 Å². The molecule has 4 aromatic heterocycles. The Balaban J connectivity index is 1.43. The highest BCUT2D eigenvalue weighted by atomic mass is 15.2. The third-order valence-electron chi connectivity index (χ3n) is 9.13. The van der Waals surface area contributed by atoms with Gasteiger partial charge in [0.05, 0.1) is 27.6 Å². The molecule has 0 bridgehead atoms. The number of para-hydroxylation sites is 2. The number of hydrogen-bond donors (Lipinski definition) is 0. The van der Waals surface area contributed by atoms with Crippen molar-refractivity contribution >= 4 is 59.9 Å². The van der Waals surface area contributed by atoms with Crippen LogP contribution in [0.4, 0.5) is 0 Å². The molecule has 0 N–H and O–H groups in total. The smallest absolute Gasteiger partial charge is 0.238 e. The molecule has 0 saturated carbocycles. The molecule has 10 rings (SSSR count). The lowest BCUT2D eigenvalue weighted by atomic mass is 10.0. The van der Waals surface area contributed by atoms with Gasteiger partial charge < -0.3 is 4.40 Å². The van der Waals surface area contributed by atoms with Gasteiger partial charge in [-0.05, 0) is 29.7 Å². The van der Waals surface area contributed by atoms with Crippen LogP contribution < -0.4 is 0 Å². The van der Waals surface area contributed by atoms with E-state index in [9.17, 15) is 0 Å². The minimum Gasteiger partial charge on any atom is -0.309 e. The molecular formula is C41H25N5. The lowest BCUT2D eigenvalue weighted by Gasteiger charge is -2.14. The molecule has 5 heteroatoms. The monoisotopic (exact) mass is 587 g/mol. The second-order valence-corrected chi connectivity index (χ2v) is 11.7. The Labute approximate surface area is 263 Å². The average molecular weight is 588 g/mol. The topological polar surface area (TPSA) is 48.0 Å². The Morgan fingerprint density at radius 3 is 1.65 bits per heavy atom. The number of hydrogen-bond acceptors (Lipinski definition) is 3. The summed E-state index contributed by atoms with van der Waals surface area (Å²) in [6.45, 7) is 0. The first-order chi connectivity index (χ1) is 22.8. The highest BCUT2D eigenvalue weighted by molar-refractivity contribution is 6.27. The Morgan fingerprint density at radius 2 is 0.957 bits per heavy atom. The molecule has 10 aromatic rings. The van der Waals surface area contributed by atoms with Gasteiger partial charge in [-0.1, -0.05) is 127 Å². The predicted molar refractivity (Wildman–Crippen MR) is 189 cm³/mol. The van der Waals surface area contributed by atoms with Crippen LogP contribution in [0.5, 0.6) is 0 Å². The van der Waals surface area contributed by atoms with Crippen LogP contribution in [0.2, 0.25) is 0 Å². The summed E-state index contributed by atoms with van der Waals surface area (Å²) in [5.74, 6) is 1.87. The number of nitrogens with zero attached hydrogens (tertiary/aromatic N) is 5. The number of rotatable bonds is 3. The summed E-state index contributed by atoms with van der Waals surface area (Å²) in [6, 6.07) is 53.1. The maximum absolute atomic E-state index is 5.19. The molecule has 0 spiro atoms. The minimum atomic E-state index is 0.591. The van der Waals surface area contributed by atoms with E-state index in [0.29, 0.717) is 17.6 Å². The number of benzene rings is 6. The van der Waals surface area contributed by atoms with E-state index in [0.717, 1.165) is 38.4 Å². The van der Waals surface area contributed by atoms with Crippen molar-refractivity contribution in [3.63, 3.8) is 0 Å². The van der Waals surface area contributed by atoms with Crippen LogP contribution in [0.3, 0.4) is 0 Å². The number of fused-ring (bicyclic) bond motifs is 12. The van der Waals surface area contributed by atoms with Gasteiger partial charge in [-0.2, -0.15) is 9.97 Å². The standard InChI is InChI=1S/C41H25N5/c1-3-13-26(14-4-1)39-42-40(27-15-5-2-6-16-27)44-41(43-39)46-34-22-12-10-19-30(34)32-23-24-35-37(38(32)46)31-20-9-8-18-29(31)36-25-28-17-7-11-21-33(28)45(35)36/h1-25H. The Bertz CT molecular complexity index is 2740. The summed E-state index contributed by atoms with van der Waals surface area (Å²) >= 11 is 0. The molecule has 5 nitrogen and oxygen atoms in total. The van der Waals surface area contributed by atoms with E-state index in [-0.39, 0.29) is 0 Å². The fourth-order valence-electron chi connectivity index (χ4n) is 7.14. The molecule has 0 atom stereocenters. The highest BCUT2D eigenvalue weighted by Gasteiger charge is 2.22. The number of aromatic nitrogens is 5. The second-order valence-electron chi connectivity index (χ2n) is 11.7. The zero-order chi connectivity index (χ0) is 30.2. The molecule has 0 aliphatic heterocycles. The largest absolute Gasteiger partial charge is 0.309 e. The predicted octanol–water partition coefficient (Wildman–Crippen LogP) is 10.0. The summed E-state index contributed by atoms with van der Waals surface area (Å²) in [4.78, 5) is 15.4. The Morgan fingerprint density at radius 1 is 0.391 bits per heavy atom. The SMILES string of the molecule is c1ccc(-c2nc(-c3ccccc3)nc(-n3c4ccccc4c4ccc5c(c6ccccc6c6cc7ccccc7n65)c43)n2)cc1. The van der Waals surface area contributed by atoms with Crippen molar-refractivity contribution in [2.75, 3.05) is 0 Å². The van der Waals surface area contributed by atoms with Gasteiger partial charge in [-0.15, -0.1) is 0 Å². The molecule has 0 aliphatic rings. The quantitative estimate of drug-likeness (QED) is 0.193. The van der Waals surface area contributed by atoms with E-state index in [4.69, 9.17) is 15.0 Å². The first-order valence-electron chi connectivity index (χ1n) is 15.5. The third kappa shape index (κ3) is 3.54. The molecular weight excluding hydrogens is 562 g/mol. The van der Waals surface area contributed by atoms with Crippen molar-refractivity contribution in [1.29, 1.82) is 0 Å². The average Bonchev–Trinajstić information content (AvgIpc) is 3.69. The summed E-state index contributed by atoms with van der Waals surface area (Å²) in [6.07, 6.45) is 0. The van der Waals surface area contributed by atoms with Gasteiger partial charge in [0, 0.05) is 38.1 Å². The van der Waals surface area contributed by atoms with Gasteiger partial charge in [0.1, 0.15) is 0 Å². The molecule has 4 heterocycles. The van der Waals surface area contributed by atoms with Crippen LogP contribution in [0, 0.1) is 0 Å². The first kappa shape index (κ1) is 25.0. The first-order valence-corrected chi connectivity index (χ1v) is 15.5. The van der Waals surface area contributed by atoms with E-state index in [1.807, 2.05) is 36.4 Å². The van der Waals surface area contributed by atoms with Crippen molar-refractivity contribution in [1.82, 2.24) is 23.9 Å². The molecule has 46 heavy (non-hydrogen) atoms. The van der Waals surface area contributed by atoms with Crippen molar-refractivity contribution in [3.8, 4) is 28.7 Å². The molecule has 0 amide bonds. The van der Waals surface area contributed by atoms with Crippen LogP contribution in [-0.2, 0) is 0 Å². The van der Waals surface area contributed by atoms with Crippen LogP contribution in [0.15, 0.2) is 152 Å². The summed E-state index contributed by atoms with van der Waals surface area (Å²) in [7, 11) is 0. The van der Waals surface area contributed by atoms with Gasteiger partial charge in [0.15, 0.2) is 11.6 Å². The summed E-state index contributed by atoms with van der Waals surface area (Å²) < 4.78 is 4.66. The summed E-state index contributed by atoms with van der Waals surface area (Å²) in [5, 5.41) is 7.11. The van der Waals surface area contributed by atoms with E-state index in [1.54, 1.807) is 0 Å². The Hall–Kier alpha value is -6.33. The number of pyridine rings is 1. The van der Waals surface area contributed by atoms with E-state index < -0.39 is 0 Å². The normalized spacial score (nSPS) is 11.9. The minimum absolute atomic E-state index is 0.591.